The van der Waals surface area contributed by atoms with Crippen molar-refractivity contribution >= 4 is 23.4 Å². The second-order valence-corrected chi connectivity index (χ2v) is 7.89. The van der Waals surface area contributed by atoms with Crippen LogP contribution in [0.25, 0.3) is 22.5 Å². The van der Waals surface area contributed by atoms with Crippen LogP contribution >= 0.6 is 11.6 Å². The van der Waals surface area contributed by atoms with Crippen LogP contribution in [0.5, 0.6) is 5.75 Å². The van der Waals surface area contributed by atoms with Gasteiger partial charge in [0, 0.05) is 29.2 Å². The average molecular weight is 442 g/mol. The minimum absolute atomic E-state index is 0.00772. The van der Waals surface area contributed by atoms with Gasteiger partial charge in [0.1, 0.15) is 17.6 Å². The smallest absolute Gasteiger partial charge is 0.242 e. The van der Waals surface area contributed by atoms with E-state index in [9.17, 15) is 19.1 Å². The van der Waals surface area contributed by atoms with E-state index in [-0.39, 0.29) is 29.8 Å². The lowest BCUT2D eigenvalue weighted by Crippen LogP contribution is -2.40. The third kappa shape index (κ3) is 4.72. The first kappa shape index (κ1) is 20.9. The molecule has 1 unspecified atom stereocenters. The lowest BCUT2D eigenvalue weighted by Gasteiger charge is -2.10. The number of H-pyrrole nitrogens is 1. The Morgan fingerprint density at radius 1 is 1.19 bits per heavy atom. The molecule has 8 heteroatoms. The van der Waals surface area contributed by atoms with E-state index >= 15 is 0 Å². The molecule has 1 aliphatic rings. The van der Waals surface area contributed by atoms with Crippen molar-refractivity contribution in [1.82, 2.24) is 15.6 Å². The summed E-state index contributed by atoms with van der Waals surface area (Å²) in [6.07, 6.45) is 1.13. The largest absolute Gasteiger partial charge is 0.507 e. The summed E-state index contributed by atoms with van der Waals surface area (Å²) in [6, 6.07) is 12.3. The predicted octanol–water partition coefficient (Wildman–Crippen LogP) is 3.78. The first-order chi connectivity index (χ1) is 14.9. The molecule has 160 valence electrons. The van der Waals surface area contributed by atoms with Gasteiger partial charge in [-0.2, -0.15) is 0 Å². The number of phenols is 1. The van der Waals surface area contributed by atoms with E-state index in [4.69, 9.17) is 11.6 Å². The fourth-order valence-electron chi connectivity index (χ4n) is 3.68. The molecule has 2 aromatic carbocycles. The molecule has 4 rings (SSSR count). The highest BCUT2D eigenvalue weighted by Gasteiger charge is 2.25. The SMILES string of the molecule is O=C(CCc1cc(-c2ccc(F)cc2)[nH]c1-c1ccc(Cl)cc1O)NC1CCNC1=O. The van der Waals surface area contributed by atoms with Crippen LogP contribution in [0.15, 0.2) is 48.5 Å². The minimum atomic E-state index is -0.492. The third-order valence-corrected chi connectivity index (χ3v) is 5.52. The Kier molecular flexibility index (Phi) is 5.95. The van der Waals surface area contributed by atoms with E-state index in [0.717, 1.165) is 16.8 Å². The first-order valence-electron chi connectivity index (χ1n) is 9.94. The monoisotopic (exact) mass is 441 g/mol. The maximum Gasteiger partial charge on any atom is 0.242 e. The number of nitrogens with one attached hydrogen (secondary N) is 3. The first-order valence-corrected chi connectivity index (χ1v) is 10.3. The van der Waals surface area contributed by atoms with Gasteiger partial charge in [0.2, 0.25) is 11.8 Å². The molecule has 0 saturated carbocycles. The van der Waals surface area contributed by atoms with Crippen LogP contribution in [0.2, 0.25) is 5.02 Å². The Labute approximate surface area is 183 Å². The molecule has 1 atom stereocenters. The molecule has 2 amide bonds. The van der Waals surface area contributed by atoms with E-state index < -0.39 is 6.04 Å². The van der Waals surface area contributed by atoms with E-state index in [1.54, 1.807) is 24.3 Å². The summed E-state index contributed by atoms with van der Waals surface area (Å²) in [5.41, 5.74) is 3.51. The summed E-state index contributed by atoms with van der Waals surface area (Å²) in [5, 5.41) is 16.3. The predicted molar refractivity (Wildman–Crippen MR) is 116 cm³/mol. The van der Waals surface area contributed by atoms with Crippen LogP contribution < -0.4 is 10.6 Å². The quantitative estimate of drug-likeness (QED) is 0.469. The van der Waals surface area contributed by atoms with Crippen molar-refractivity contribution in [3.8, 4) is 28.3 Å². The zero-order valence-electron chi connectivity index (χ0n) is 16.5. The van der Waals surface area contributed by atoms with Crippen LogP contribution in [-0.2, 0) is 16.0 Å². The fourth-order valence-corrected chi connectivity index (χ4v) is 3.85. The van der Waals surface area contributed by atoms with E-state index in [1.807, 2.05) is 6.07 Å². The van der Waals surface area contributed by atoms with Gasteiger partial charge in [0.05, 0.1) is 5.69 Å². The van der Waals surface area contributed by atoms with E-state index in [0.29, 0.717) is 35.7 Å². The standard InChI is InChI=1S/C23H21ClFN3O3/c24-15-4-7-17(20(29)12-15)22-14(3-8-21(30)27-18-9-10-26-23(18)31)11-19(28-22)13-1-5-16(25)6-2-13/h1-2,4-7,11-12,18,28-29H,3,8-10H2,(H,26,31)(H,27,30). The summed E-state index contributed by atoms with van der Waals surface area (Å²) in [4.78, 5) is 27.3. The second-order valence-electron chi connectivity index (χ2n) is 7.45. The van der Waals surface area contributed by atoms with Crippen molar-refractivity contribution in [1.29, 1.82) is 0 Å². The summed E-state index contributed by atoms with van der Waals surface area (Å²) in [7, 11) is 0. The van der Waals surface area contributed by atoms with E-state index in [1.165, 1.54) is 18.2 Å². The molecule has 4 N–H and O–H groups in total. The summed E-state index contributed by atoms with van der Waals surface area (Å²) >= 11 is 5.96. The van der Waals surface area contributed by atoms with Gasteiger partial charge in [0.25, 0.3) is 0 Å². The van der Waals surface area contributed by atoms with Crippen molar-refractivity contribution in [2.45, 2.75) is 25.3 Å². The number of hydrogen-bond donors (Lipinski definition) is 4. The molecule has 0 radical (unpaired) electrons. The summed E-state index contributed by atoms with van der Waals surface area (Å²) in [5.74, 6) is -0.717. The molecule has 2 heterocycles. The summed E-state index contributed by atoms with van der Waals surface area (Å²) < 4.78 is 13.3. The zero-order valence-corrected chi connectivity index (χ0v) is 17.3. The molecule has 1 aromatic heterocycles. The topological polar surface area (TPSA) is 94.2 Å². The zero-order chi connectivity index (χ0) is 22.0. The number of carbonyl (C=O) groups excluding carboxylic acids is 2. The lowest BCUT2D eigenvalue weighted by atomic mass is 10.0. The van der Waals surface area contributed by atoms with Gasteiger partial charge in [-0.1, -0.05) is 11.6 Å². The van der Waals surface area contributed by atoms with Gasteiger partial charge in [0.15, 0.2) is 0 Å². The van der Waals surface area contributed by atoms with Gasteiger partial charge in [-0.3, -0.25) is 9.59 Å². The van der Waals surface area contributed by atoms with Crippen LogP contribution in [0.1, 0.15) is 18.4 Å². The van der Waals surface area contributed by atoms with Gasteiger partial charge in [-0.05, 0) is 72.5 Å². The molecule has 0 bridgehead atoms. The molecular weight excluding hydrogens is 421 g/mol. The number of rotatable bonds is 6. The molecule has 6 nitrogen and oxygen atoms in total. The molecule has 0 spiro atoms. The van der Waals surface area contributed by atoms with Crippen molar-refractivity contribution in [3.63, 3.8) is 0 Å². The van der Waals surface area contributed by atoms with Gasteiger partial charge in [-0.15, -0.1) is 0 Å². The Morgan fingerprint density at radius 2 is 1.97 bits per heavy atom. The van der Waals surface area contributed by atoms with E-state index in [2.05, 4.69) is 15.6 Å². The number of halogens is 2. The highest BCUT2D eigenvalue weighted by molar-refractivity contribution is 6.30. The van der Waals surface area contributed by atoms with Crippen molar-refractivity contribution < 1.29 is 19.1 Å². The summed E-state index contributed by atoms with van der Waals surface area (Å²) in [6.45, 7) is 0.558. The molecule has 0 aliphatic carbocycles. The van der Waals surface area contributed by atoms with Gasteiger partial charge >= 0.3 is 0 Å². The third-order valence-electron chi connectivity index (χ3n) is 5.29. The number of amides is 2. The molecule has 1 fully saturated rings. The average Bonchev–Trinajstić information content (AvgIpc) is 3.33. The normalized spacial score (nSPS) is 15.7. The fraction of sp³-hybridized carbons (Fsp3) is 0.217. The van der Waals surface area contributed by atoms with Crippen molar-refractivity contribution in [3.05, 3.63) is 64.9 Å². The number of hydrogen-bond acceptors (Lipinski definition) is 3. The number of aromatic hydroxyl groups is 1. The Bertz CT molecular complexity index is 1130. The number of aryl methyl sites for hydroxylation is 1. The highest BCUT2D eigenvalue weighted by atomic mass is 35.5. The number of aromatic nitrogens is 1. The maximum absolute atomic E-state index is 13.3. The molecule has 1 aliphatic heterocycles. The Balaban J connectivity index is 1.60. The number of phenolic OH excluding ortho intramolecular Hbond substituents is 1. The second kappa shape index (κ2) is 8.81. The molecule has 3 aromatic rings. The number of benzene rings is 2. The van der Waals surface area contributed by atoms with Gasteiger partial charge < -0.3 is 20.7 Å². The number of carbonyl (C=O) groups is 2. The number of aromatic amines is 1. The highest BCUT2D eigenvalue weighted by Crippen LogP contribution is 2.36. The van der Waals surface area contributed by atoms with Gasteiger partial charge in [-0.25, -0.2) is 4.39 Å². The lowest BCUT2D eigenvalue weighted by molar-refractivity contribution is -0.127. The van der Waals surface area contributed by atoms with Crippen LogP contribution in [0.4, 0.5) is 4.39 Å². The Morgan fingerprint density at radius 3 is 2.65 bits per heavy atom. The maximum atomic E-state index is 13.3. The van der Waals surface area contributed by atoms with Crippen molar-refractivity contribution in [2.24, 2.45) is 0 Å². The van der Waals surface area contributed by atoms with Crippen LogP contribution in [0.3, 0.4) is 0 Å². The molecule has 31 heavy (non-hydrogen) atoms. The molecule has 1 saturated heterocycles. The van der Waals surface area contributed by atoms with Crippen molar-refractivity contribution in [2.75, 3.05) is 6.54 Å². The van der Waals surface area contributed by atoms with Crippen LogP contribution in [-0.4, -0.2) is 34.5 Å². The minimum Gasteiger partial charge on any atom is -0.507 e. The Hall–Kier alpha value is -3.32. The van der Waals surface area contributed by atoms with Crippen LogP contribution in [0, 0.1) is 5.82 Å². The molecular formula is C23H21ClFN3O3.